The molecule has 4 heterocycles. The summed E-state index contributed by atoms with van der Waals surface area (Å²) in [6.45, 7) is 6.99. The van der Waals surface area contributed by atoms with Gasteiger partial charge in [0.15, 0.2) is 5.60 Å². The van der Waals surface area contributed by atoms with Gasteiger partial charge in [-0.3, -0.25) is 29.9 Å². The molecule has 4 aromatic heterocycles. The lowest BCUT2D eigenvalue weighted by atomic mass is 10.1. The highest BCUT2D eigenvalue weighted by Gasteiger charge is 2.26. The Kier molecular flexibility index (Phi) is 11.2. The summed E-state index contributed by atoms with van der Waals surface area (Å²) >= 11 is 2.76. The van der Waals surface area contributed by atoms with E-state index in [0.29, 0.717) is 10.7 Å². The van der Waals surface area contributed by atoms with Gasteiger partial charge in [0.1, 0.15) is 25.8 Å². The predicted molar refractivity (Wildman–Crippen MR) is 185 cm³/mol. The van der Waals surface area contributed by atoms with Crippen molar-refractivity contribution in [3.8, 4) is 39.2 Å². The van der Waals surface area contributed by atoms with Gasteiger partial charge in [0, 0.05) is 62.1 Å². The molecule has 0 saturated heterocycles. The summed E-state index contributed by atoms with van der Waals surface area (Å²) < 4.78 is 10.6. The second-order valence-electron chi connectivity index (χ2n) is 10.6. The second-order valence-corrected chi connectivity index (χ2v) is 12.5. The second kappa shape index (κ2) is 15.2. The number of aryl methyl sites for hydroxylation is 2. The zero-order chi connectivity index (χ0) is 35.0. The minimum absolute atomic E-state index is 0.0717. The van der Waals surface area contributed by atoms with Crippen LogP contribution in [0.2, 0.25) is 0 Å². The maximum absolute atomic E-state index is 12.4. The summed E-state index contributed by atoms with van der Waals surface area (Å²) in [6, 6.07) is 12.8. The third-order valence-electron chi connectivity index (χ3n) is 6.46. The van der Waals surface area contributed by atoms with Crippen LogP contribution in [0.25, 0.3) is 21.1 Å². The summed E-state index contributed by atoms with van der Waals surface area (Å²) in [7, 11) is 3.23. The molecule has 5 aromatic rings. The van der Waals surface area contributed by atoms with Crippen molar-refractivity contribution in [1.29, 1.82) is 0 Å². The van der Waals surface area contributed by atoms with Gasteiger partial charge in [-0.2, -0.15) is 0 Å². The molecule has 1 aromatic carbocycles. The van der Waals surface area contributed by atoms with Crippen molar-refractivity contribution in [2.75, 3.05) is 23.9 Å². The smallest absolute Gasteiger partial charge is 0.420 e. The average molecular weight is 686 g/mol. The van der Waals surface area contributed by atoms with E-state index in [4.69, 9.17) is 15.9 Å². The molecule has 246 valence electrons. The van der Waals surface area contributed by atoms with Gasteiger partial charge in [0.25, 0.3) is 5.69 Å². The third kappa shape index (κ3) is 8.75. The minimum Gasteiger partial charge on any atom is -0.430 e. The van der Waals surface area contributed by atoms with Gasteiger partial charge >= 0.3 is 12.2 Å². The molecular formula is C33H31N7O6S2. The molecule has 15 heteroatoms. The van der Waals surface area contributed by atoms with Gasteiger partial charge in [0.2, 0.25) is 0 Å². The molecule has 0 unspecified atom stereocenters. The molecule has 0 aliphatic carbocycles. The summed E-state index contributed by atoms with van der Waals surface area (Å²) in [5.41, 5.74) is 2.20. The summed E-state index contributed by atoms with van der Waals surface area (Å²) in [6.07, 6.45) is 11.1. The number of terminal acetylenes is 1. The molecule has 0 aliphatic rings. The van der Waals surface area contributed by atoms with Gasteiger partial charge in [-0.15, -0.1) is 6.42 Å². The first kappa shape index (κ1) is 35.1. The highest BCUT2D eigenvalue weighted by Crippen LogP contribution is 2.35. The predicted octanol–water partition coefficient (Wildman–Crippen LogP) is 7.56. The lowest BCUT2D eigenvalue weighted by molar-refractivity contribution is -0.384. The molecule has 0 N–H and O–H groups in total. The Morgan fingerprint density at radius 3 is 1.75 bits per heavy atom. The molecule has 0 atom stereocenters. The van der Waals surface area contributed by atoms with Gasteiger partial charge in [-0.25, -0.2) is 19.6 Å². The van der Waals surface area contributed by atoms with E-state index in [1.165, 1.54) is 56.7 Å². The van der Waals surface area contributed by atoms with E-state index >= 15 is 0 Å². The van der Waals surface area contributed by atoms with E-state index in [2.05, 4.69) is 25.9 Å². The topological polar surface area (TPSA) is 154 Å². The number of nitro benzene ring substituents is 1. The fourth-order valence-electron chi connectivity index (χ4n) is 3.91. The van der Waals surface area contributed by atoms with E-state index in [0.717, 1.165) is 31.8 Å². The maximum atomic E-state index is 12.4. The maximum Gasteiger partial charge on any atom is 0.420 e. The van der Waals surface area contributed by atoms with Crippen LogP contribution in [0.15, 0.2) is 73.3 Å². The lowest BCUT2D eigenvalue weighted by Gasteiger charge is -2.23. The lowest BCUT2D eigenvalue weighted by Crippen LogP contribution is -2.35. The Morgan fingerprint density at radius 1 is 0.854 bits per heavy atom. The number of pyridine rings is 2. The van der Waals surface area contributed by atoms with Gasteiger partial charge in [-0.1, -0.05) is 28.6 Å². The molecule has 0 saturated carbocycles. The van der Waals surface area contributed by atoms with Crippen molar-refractivity contribution in [1.82, 2.24) is 19.9 Å². The van der Waals surface area contributed by atoms with Crippen molar-refractivity contribution >= 4 is 50.5 Å². The van der Waals surface area contributed by atoms with Crippen LogP contribution in [0.3, 0.4) is 0 Å². The van der Waals surface area contributed by atoms with Crippen LogP contribution in [-0.4, -0.2) is 56.7 Å². The van der Waals surface area contributed by atoms with E-state index in [1.807, 2.05) is 31.2 Å². The molecule has 13 nitrogen and oxygen atoms in total. The number of anilines is 2. The Hall–Kier alpha value is -5.72. The van der Waals surface area contributed by atoms with E-state index in [-0.39, 0.29) is 11.4 Å². The number of rotatable bonds is 7. The number of ether oxygens (including phenoxy) is 2. The number of benzene rings is 1. The Labute approximate surface area is 285 Å². The molecule has 0 fully saturated rings. The van der Waals surface area contributed by atoms with Gasteiger partial charge in [0.05, 0.1) is 16.3 Å². The van der Waals surface area contributed by atoms with E-state index in [1.54, 1.807) is 59.7 Å². The zero-order valence-electron chi connectivity index (χ0n) is 26.9. The summed E-state index contributed by atoms with van der Waals surface area (Å²) in [5, 5.41) is 13.6. The van der Waals surface area contributed by atoms with Crippen LogP contribution in [0.1, 0.15) is 25.2 Å². The standard InChI is InChI=1S/C17H14N4O4S.C16H17N3O2S/c1-11-16(26-15(19-11)12-4-3-9-18-10-12)20(2)17(22)25-14-7-5-13(6-8-14)21(23)24;1-6-16(3,4)21-15(20)19(5)14-11(2)18-13(22-14)12-8-7-9-17-10-12/h3-10H,1-2H3;1,7-10H,2-5H3. The van der Waals surface area contributed by atoms with Crippen LogP contribution < -0.4 is 14.5 Å². The quantitative estimate of drug-likeness (QED) is 0.0953. The molecule has 0 bridgehead atoms. The highest BCUT2D eigenvalue weighted by atomic mass is 32.1. The monoisotopic (exact) mass is 685 g/mol. The van der Waals surface area contributed by atoms with Crippen molar-refractivity contribution in [2.45, 2.75) is 33.3 Å². The molecule has 0 aliphatic heterocycles. The van der Waals surface area contributed by atoms with Crippen molar-refractivity contribution in [3.63, 3.8) is 0 Å². The third-order valence-corrected chi connectivity index (χ3v) is 9.03. The number of non-ortho nitro benzene ring substituents is 1. The molecular weight excluding hydrogens is 655 g/mol. The molecule has 5 rings (SSSR count). The Balaban J connectivity index is 0.000000220. The van der Waals surface area contributed by atoms with Crippen molar-refractivity contribution in [3.05, 3.63) is 94.8 Å². The van der Waals surface area contributed by atoms with Crippen LogP contribution in [0, 0.1) is 36.3 Å². The SMILES string of the molecule is C#CC(C)(C)OC(=O)N(C)c1sc(-c2cccnc2)nc1C.Cc1nc(-c2cccnc2)sc1N(C)C(=O)Oc1ccc([N+](=O)[O-])cc1. The fourth-order valence-corrected chi connectivity index (χ4v) is 5.93. The number of nitro groups is 1. The van der Waals surface area contributed by atoms with Crippen molar-refractivity contribution < 1.29 is 24.0 Å². The van der Waals surface area contributed by atoms with Gasteiger partial charge in [-0.05, 0) is 64.1 Å². The van der Waals surface area contributed by atoms with Crippen LogP contribution in [0.4, 0.5) is 25.3 Å². The zero-order valence-corrected chi connectivity index (χ0v) is 28.5. The molecule has 48 heavy (non-hydrogen) atoms. The number of nitrogens with zero attached hydrogens (tertiary/aromatic N) is 7. The number of amides is 2. The van der Waals surface area contributed by atoms with E-state index < -0.39 is 22.7 Å². The fraction of sp³-hybridized carbons (Fsp3) is 0.212. The number of carbonyl (C=O) groups excluding carboxylic acids is 2. The average Bonchev–Trinajstić information content (AvgIpc) is 3.67. The number of carbonyl (C=O) groups is 2. The minimum atomic E-state index is -0.948. The molecule has 0 spiro atoms. The number of aromatic nitrogens is 4. The molecule has 0 radical (unpaired) electrons. The highest BCUT2D eigenvalue weighted by molar-refractivity contribution is 7.19. The number of hydrogen-bond acceptors (Lipinski definition) is 12. The largest absolute Gasteiger partial charge is 0.430 e. The first-order valence-electron chi connectivity index (χ1n) is 14.2. The Morgan fingerprint density at radius 2 is 1.33 bits per heavy atom. The van der Waals surface area contributed by atoms with Crippen LogP contribution in [-0.2, 0) is 4.74 Å². The first-order chi connectivity index (χ1) is 22.8. The van der Waals surface area contributed by atoms with E-state index in [9.17, 15) is 19.7 Å². The summed E-state index contributed by atoms with van der Waals surface area (Å²) in [4.78, 5) is 54.6. The van der Waals surface area contributed by atoms with Crippen LogP contribution >= 0.6 is 22.7 Å². The number of thiazole rings is 2. The number of hydrogen-bond donors (Lipinski definition) is 0. The summed E-state index contributed by atoms with van der Waals surface area (Å²) in [5.74, 6) is 2.66. The van der Waals surface area contributed by atoms with Gasteiger partial charge < -0.3 is 9.47 Å². The van der Waals surface area contributed by atoms with Crippen molar-refractivity contribution in [2.24, 2.45) is 0 Å². The van der Waals surface area contributed by atoms with Crippen LogP contribution in [0.5, 0.6) is 5.75 Å². The normalized spacial score (nSPS) is 10.6. The molecule has 2 amide bonds. The first-order valence-corrected chi connectivity index (χ1v) is 15.8. The Bertz CT molecular complexity index is 1940.